The third-order valence-corrected chi connectivity index (χ3v) is 1.61. The summed E-state index contributed by atoms with van der Waals surface area (Å²) in [4.78, 5) is 8.37. The van der Waals surface area contributed by atoms with Crippen LogP contribution in [-0.4, -0.2) is 4.92 Å². The summed E-state index contributed by atoms with van der Waals surface area (Å²) in [7, 11) is 0. The van der Waals surface area contributed by atoms with Crippen molar-refractivity contribution in [2.24, 2.45) is 0 Å². The number of benzene rings is 1. The maximum absolute atomic E-state index is 12.7. The van der Waals surface area contributed by atoms with Gasteiger partial charge in [0.05, 0.1) is 4.92 Å². The second-order valence-corrected chi connectivity index (χ2v) is 2.63. The minimum atomic E-state index is -5.56. The van der Waals surface area contributed by atoms with E-state index in [9.17, 15) is 36.5 Å². The molecular weight excluding hydrogens is 244 g/mol. The summed E-state index contributed by atoms with van der Waals surface area (Å²) in [6.45, 7) is 0. The van der Waals surface area contributed by atoms with Crippen LogP contribution in [0.3, 0.4) is 0 Å². The Bertz CT molecular complexity index is 455. The number of hydrogen-bond acceptors (Lipinski definition) is 2. The zero-order chi connectivity index (χ0) is 12.7. The topological polar surface area (TPSA) is 43.1 Å². The third-order valence-electron chi connectivity index (χ3n) is 1.61. The number of hydrogen-bond donors (Lipinski definition) is 0. The van der Waals surface area contributed by atoms with Gasteiger partial charge in [0.2, 0.25) is 5.82 Å². The van der Waals surface area contributed by atoms with Crippen LogP contribution < -0.4 is 0 Å². The highest BCUT2D eigenvalue weighted by Gasteiger charge is 2.45. The Labute approximate surface area is 83.4 Å². The van der Waals surface area contributed by atoms with E-state index in [2.05, 4.69) is 0 Å². The number of nitro benzene ring substituents is 1. The average Bonchev–Trinajstić information content (AvgIpc) is 2.07. The minimum Gasteiger partial charge on any atom is -0.258 e. The van der Waals surface area contributed by atoms with E-state index in [1.807, 2.05) is 0 Å². The van der Waals surface area contributed by atoms with Crippen LogP contribution in [0.1, 0.15) is 5.56 Å². The molecule has 88 valence electrons. The van der Waals surface area contributed by atoms with Gasteiger partial charge in [0.25, 0.3) is 0 Å². The monoisotopic (exact) mass is 245 g/mol. The predicted molar refractivity (Wildman–Crippen MR) is 38.0 cm³/mol. The lowest BCUT2D eigenvalue weighted by molar-refractivity contribution is -0.391. The zero-order valence-electron chi connectivity index (χ0n) is 7.11. The van der Waals surface area contributed by atoms with Crippen LogP contribution in [0.15, 0.2) is 6.07 Å². The smallest absolute Gasteiger partial charge is 0.258 e. The van der Waals surface area contributed by atoms with Crippen molar-refractivity contribution in [1.29, 1.82) is 0 Å². The van der Waals surface area contributed by atoms with Gasteiger partial charge in [-0.15, -0.1) is 0 Å². The summed E-state index contributed by atoms with van der Waals surface area (Å²) in [5.74, 6) is -6.73. The molecule has 0 saturated heterocycles. The average molecular weight is 245 g/mol. The maximum Gasteiger partial charge on any atom is 0.426 e. The number of nitrogens with zero attached hydrogens (tertiary/aromatic N) is 1. The van der Waals surface area contributed by atoms with Crippen molar-refractivity contribution in [2.45, 2.75) is 6.18 Å². The van der Waals surface area contributed by atoms with Crippen molar-refractivity contribution in [1.82, 2.24) is 0 Å². The molecule has 0 spiro atoms. The maximum atomic E-state index is 12.7. The Morgan fingerprint density at radius 3 is 2.00 bits per heavy atom. The first-order valence-electron chi connectivity index (χ1n) is 3.55. The second kappa shape index (κ2) is 3.65. The molecule has 0 unspecified atom stereocenters. The van der Waals surface area contributed by atoms with Gasteiger partial charge >= 0.3 is 11.9 Å². The van der Waals surface area contributed by atoms with Crippen molar-refractivity contribution in [3.63, 3.8) is 0 Å². The molecular formula is C7HF6NO2. The van der Waals surface area contributed by atoms with Crippen LogP contribution in [0, 0.1) is 27.6 Å². The molecule has 16 heavy (non-hydrogen) atoms. The fourth-order valence-electron chi connectivity index (χ4n) is 1.02. The quantitative estimate of drug-likeness (QED) is 0.330. The molecule has 0 radical (unpaired) electrons. The van der Waals surface area contributed by atoms with Gasteiger partial charge in [-0.05, 0) is 0 Å². The van der Waals surface area contributed by atoms with E-state index >= 15 is 0 Å². The van der Waals surface area contributed by atoms with E-state index in [1.165, 1.54) is 0 Å². The van der Waals surface area contributed by atoms with E-state index in [0.717, 1.165) is 0 Å². The van der Waals surface area contributed by atoms with Crippen molar-refractivity contribution < 1.29 is 31.3 Å². The van der Waals surface area contributed by atoms with Gasteiger partial charge in [-0.2, -0.15) is 17.6 Å². The largest absolute Gasteiger partial charge is 0.426 e. The first kappa shape index (κ1) is 12.3. The number of alkyl halides is 3. The molecule has 0 N–H and O–H groups in total. The highest BCUT2D eigenvalue weighted by molar-refractivity contribution is 5.44. The molecule has 0 atom stereocenters. The number of rotatable bonds is 1. The highest BCUT2D eigenvalue weighted by Crippen LogP contribution is 2.40. The zero-order valence-corrected chi connectivity index (χ0v) is 7.11. The summed E-state index contributed by atoms with van der Waals surface area (Å²) in [6.07, 6.45) is -5.56. The van der Waals surface area contributed by atoms with E-state index in [0.29, 0.717) is 0 Å². The molecule has 1 aromatic rings. The Kier molecular flexibility index (Phi) is 2.80. The predicted octanol–water partition coefficient (Wildman–Crippen LogP) is 3.03. The number of nitro groups is 1. The highest BCUT2D eigenvalue weighted by atomic mass is 19.4. The molecule has 0 aromatic heterocycles. The Morgan fingerprint density at radius 1 is 1.12 bits per heavy atom. The van der Waals surface area contributed by atoms with Gasteiger partial charge in [-0.3, -0.25) is 10.1 Å². The SMILES string of the molecule is O=[N+]([O-])c1c(F)cc(F)c(F)c1C(F)(F)F. The van der Waals surface area contributed by atoms with Crippen molar-refractivity contribution in [3.8, 4) is 0 Å². The Balaban J connectivity index is 3.72. The molecule has 0 aliphatic heterocycles. The van der Waals surface area contributed by atoms with Gasteiger partial charge in [-0.25, -0.2) is 8.78 Å². The molecule has 3 nitrogen and oxygen atoms in total. The van der Waals surface area contributed by atoms with Crippen LogP contribution in [0.25, 0.3) is 0 Å². The van der Waals surface area contributed by atoms with Crippen molar-refractivity contribution in [2.75, 3.05) is 0 Å². The Morgan fingerprint density at radius 2 is 1.62 bits per heavy atom. The van der Waals surface area contributed by atoms with Crippen LogP contribution in [0.2, 0.25) is 0 Å². The first-order valence-corrected chi connectivity index (χ1v) is 3.55. The van der Waals surface area contributed by atoms with E-state index in [4.69, 9.17) is 0 Å². The normalized spacial score (nSPS) is 11.6. The van der Waals surface area contributed by atoms with Gasteiger partial charge in [0.15, 0.2) is 17.2 Å². The molecule has 0 aliphatic carbocycles. The van der Waals surface area contributed by atoms with Crippen molar-refractivity contribution >= 4 is 5.69 Å². The molecule has 0 saturated carbocycles. The van der Waals surface area contributed by atoms with Crippen LogP contribution >= 0.6 is 0 Å². The summed E-state index contributed by atoms with van der Waals surface area (Å²) in [5.41, 5.74) is -4.69. The second-order valence-electron chi connectivity index (χ2n) is 2.63. The summed E-state index contributed by atoms with van der Waals surface area (Å²) in [6, 6.07) is -0.317. The lowest BCUT2D eigenvalue weighted by Gasteiger charge is -2.09. The number of halogens is 6. The first-order chi connectivity index (χ1) is 7.16. The van der Waals surface area contributed by atoms with Gasteiger partial charge in [0.1, 0.15) is 0 Å². The van der Waals surface area contributed by atoms with Gasteiger partial charge in [0, 0.05) is 6.07 Å². The third kappa shape index (κ3) is 1.92. The fraction of sp³-hybridized carbons (Fsp3) is 0.143. The van der Waals surface area contributed by atoms with Crippen LogP contribution in [0.5, 0.6) is 0 Å². The molecule has 0 fully saturated rings. The molecule has 1 aromatic carbocycles. The van der Waals surface area contributed by atoms with Crippen LogP contribution in [-0.2, 0) is 6.18 Å². The standard InChI is InChI=1S/C7HF6NO2/c8-2-1-3(9)6(14(15)16)4(5(2)10)7(11,12)13/h1H. The molecule has 0 heterocycles. The van der Waals surface area contributed by atoms with Gasteiger partial charge in [-0.1, -0.05) is 0 Å². The minimum absolute atomic E-state index is 0.317. The molecule has 9 heteroatoms. The fourth-order valence-corrected chi connectivity index (χ4v) is 1.02. The molecule has 1 rings (SSSR count). The van der Waals surface area contributed by atoms with Crippen molar-refractivity contribution in [3.05, 3.63) is 39.2 Å². The lowest BCUT2D eigenvalue weighted by atomic mass is 10.1. The van der Waals surface area contributed by atoms with Gasteiger partial charge < -0.3 is 0 Å². The van der Waals surface area contributed by atoms with E-state index < -0.39 is 39.8 Å². The lowest BCUT2D eigenvalue weighted by Crippen LogP contribution is -2.14. The summed E-state index contributed by atoms with van der Waals surface area (Å²) < 4.78 is 74.4. The van der Waals surface area contributed by atoms with E-state index in [-0.39, 0.29) is 6.07 Å². The Hall–Kier alpha value is -1.80. The summed E-state index contributed by atoms with van der Waals surface area (Å²) in [5, 5.41) is 10.1. The molecule has 0 amide bonds. The van der Waals surface area contributed by atoms with E-state index in [1.54, 1.807) is 0 Å². The summed E-state index contributed by atoms with van der Waals surface area (Å²) >= 11 is 0. The molecule has 0 aliphatic rings. The van der Waals surface area contributed by atoms with Crippen LogP contribution in [0.4, 0.5) is 32.0 Å². The molecule has 0 bridgehead atoms.